The number of rotatable bonds is 4. The summed E-state index contributed by atoms with van der Waals surface area (Å²) < 4.78 is 25.0. The molecule has 1 amide bonds. The summed E-state index contributed by atoms with van der Waals surface area (Å²) in [5, 5.41) is 3.98. The number of hydrogen-bond acceptors (Lipinski definition) is 5. The maximum atomic E-state index is 14.3. The average molecular weight is 388 g/mol. The van der Waals surface area contributed by atoms with E-state index in [1.165, 1.54) is 17.0 Å². The van der Waals surface area contributed by atoms with E-state index in [4.69, 9.17) is 20.9 Å². The first-order valence-electron chi connectivity index (χ1n) is 8.30. The molecule has 1 atom stereocenters. The number of carbonyl (C=O) groups is 1. The van der Waals surface area contributed by atoms with Crippen molar-refractivity contribution in [2.45, 2.75) is 12.3 Å². The molecule has 0 bridgehead atoms. The Morgan fingerprint density at radius 3 is 2.89 bits per heavy atom. The Labute approximate surface area is 159 Å². The third-order valence-electron chi connectivity index (χ3n) is 4.49. The van der Waals surface area contributed by atoms with Crippen LogP contribution in [-0.4, -0.2) is 29.7 Å². The SMILES string of the molecule is COc1ccccc1-c1noc(C2CC(=O)N(c3cccc(Cl)c3F)C2)n1. The third-order valence-corrected chi connectivity index (χ3v) is 4.78. The van der Waals surface area contributed by atoms with Gasteiger partial charge >= 0.3 is 0 Å². The van der Waals surface area contributed by atoms with Crippen LogP contribution in [0, 0.1) is 5.82 Å². The van der Waals surface area contributed by atoms with Crippen LogP contribution in [0.3, 0.4) is 0 Å². The molecule has 6 nitrogen and oxygen atoms in total. The van der Waals surface area contributed by atoms with Crippen molar-refractivity contribution in [1.29, 1.82) is 0 Å². The zero-order chi connectivity index (χ0) is 19.0. The second kappa shape index (κ2) is 7.00. The lowest BCUT2D eigenvalue weighted by molar-refractivity contribution is -0.117. The highest BCUT2D eigenvalue weighted by Gasteiger charge is 2.36. The molecule has 0 spiro atoms. The number of amides is 1. The van der Waals surface area contributed by atoms with E-state index in [1.54, 1.807) is 19.2 Å². The Morgan fingerprint density at radius 2 is 2.07 bits per heavy atom. The van der Waals surface area contributed by atoms with Gasteiger partial charge in [0.15, 0.2) is 5.82 Å². The molecule has 1 fully saturated rings. The molecule has 1 unspecified atom stereocenters. The molecule has 3 aromatic rings. The summed E-state index contributed by atoms with van der Waals surface area (Å²) in [6, 6.07) is 11.9. The molecule has 0 radical (unpaired) electrons. The van der Waals surface area contributed by atoms with Gasteiger partial charge in [0.25, 0.3) is 0 Å². The number of nitrogens with zero attached hydrogens (tertiary/aromatic N) is 3. The number of aromatic nitrogens is 2. The van der Waals surface area contributed by atoms with Crippen LogP contribution in [0.1, 0.15) is 18.2 Å². The number of hydrogen-bond donors (Lipinski definition) is 0. The van der Waals surface area contributed by atoms with E-state index in [-0.39, 0.29) is 35.5 Å². The van der Waals surface area contributed by atoms with Crippen molar-refractivity contribution in [3.63, 3.8) is 0 Å². The van der Waals surface area contributed by atoms with Gasteiger partial charge in [-0.05, 0) is 24.3 Å². The average Bonchev–Trinajstić information content (AvgIpc) is 3.31. The largest absolute Gasteiger partial charge is 0.496 e. The second-order valence-corrected chi connectivity index (χ2v) is 6.54. The van der Waals surface area contributed by atoms with Crippen LogP contribution in [0.25, 0.3) is 11.4 Å². The smallest absolute Gasteiger partial charge is 0.232 e. The molecule has 2 heterocycles. The minimum atomic E-state index is -0.617. The van der Waals surface area contributed by atoms with Gasteiger partial charge in [0.2, 0.25) is 17.6 Å². The zero-order valence-electron chi connectivity index (χ0n) is 14.4. The van der Waals surface area contributed by atoms with Crippen LogP contribution in [0.5, 0.6) is 5.75 Å². The van der Waals surface area contributed by atoms with Crippen molar-refractivity contribution >= 4 is 23.2 Å². The van der Waals surface area contributed by atoms with Gasteiger partial charge in [0, 0.05) is 13.0 Å². The predicted octanol–water partition coefficient (Wildman–Crippen LogP) is 4.06. The topological polar surface area (TPSA) is 68.5 Å². The molecule has 0 N–H and O–H groups in total. The molecule has 4 rings (SSSR count). The van der Waals surface area contributed by atoms with Gasteiger partial charge in [0.1, 0.15) is 5.75 Å². The molecule has 8 heteroatoms. The number of para-hydroxylation sites is 1. The number of methoxy groups -OCH3 is 1. The number of benzene rings is 2. The van der Waals surface area contributed by atoms with Gasteiger partial charge in [0.05, 0.1) is 29.3 Å². The molecule has 27 heavy (non-hydrogen) atoms. The zero-order valence-corrected chi connectivity index (χ0v) is 15.1. The van der Waals surface area contributed by atoms with Crippen LogP contribution in [-0.2, 0) is 4.79 Å². The highest BCUT2D eigenvalue weighted by Crippen LogP contribution is 2.35. The number of halogens is 2. The molecule has 2 aromatic carbocycles. The molecule has 1 aliphatic heterocycles. The Balaban J connectivity index is 1.60. The Bertz CT molecular complexity index is 1010. The quantitative estimate of drug-likeness (QED) is 0.675. The Morgan fingerprint density at radius 1 is 1.26 bits per heavy atom. The van der Waals surface area contributed by atoms with E-state index in [1.807, 2.05) is 18.2 Å². The number of ether oxygens (including phenoxy) is 1. The number of anilines is 1. The van der Waals surface area contributed by atoms with Crippen molar-refractivity contribution in [2.24, 2.45) is 0 Å². The van der Waals surface area contributed by atoms with Gasteiger partial charge in [-0.1, -0.05) is 35.0 Å². The summed E-state index contributed by atoms with van der Waals surface area (Å²) in [6.45, 7) is 0.240. The molecule has 1 saturated heterocycles. The molecule has 0 aliphatic carbocycles. The van der Waals surface area contributed by atoms with Gasteiger partial charge in [-0.2, -0.15) is 4.98 Å². The van der Waals surface area contributed by atoms with Crippen LogP contribution < -0.4 is 9.64 Å². The van der Waals surface area contributed by atoms with E-state index >= 15 is 0 Å². The Kier molecular flexibility index (Phi) is 4.53. The van der Waals surface area contributed by atoms with Crippen molar-refractivity contribution in [2.75, 3.05) is 18.6 Å². The van der Waals surface area contributed by atoms with E-state index in [0.29, 0.717) is 23.0 Å². The molecule has 1 aromatic heterocycles. The summed E-state index contributed by atoms with van der Waals surface area (Å²) >= 11 is 5.83. The van der Waals surface area contributed by atoms with Gasteiger partial charge in [-0.3, -0.25) is 4.79 Å². The lowest BCUT2D eigenvalue weighted by Gasteiger charge is -2.17. The predicted molar refractivity (Wildman–Crippen MR) is 97.4 cm³/mol. The monoisotopic (exact) mass is 387 g/mol. The lowest BCUT2D eigenvalue weighted by Crippen LogP contribution is -2.25. The molecule has 0 saturated carbocycles. The summed E-state index contributed by atoms with van der Waals surface area (Å²) in [4.78, 5) is 18.2. The van der Waals surface area contributed by atoms with Gasteiger partial charge in [-0.25, -0.2) is 4.39 Å². The molecular formula is C19H15ClFN3O3. The molecule has 138 valence electrons. The standard InChI is InChI=1S/C19H15ClFN3O3/c1-26-15-8-3-2-5-12(15)18-22-19(27-23-18)11-9-16(25)24(10-11)14-7-4-6-13(20)17(14)21/h2-8,11H,9-10H2,1H3. The van der Waals surface area contributed by atoms with Crippen molar-refractivity contribution in [1.82, 2.24) is 10.1 Å². The summed E-state index contributed by atoms with van der Waals surface area (Å²) in [5.41, 5.74) is 0.844. The van der Waals surface area contributed by atoms with Gasteiger partial charge in [-0.15, -0.1) is 0 Å². The van der Waals surface area contributed by atoms with E-state index in [9.17, 15) is 9.18 Å². The minimum absolute atomic E-state index is 0.0278. The van der Waals surface area contributed by atoms with Crippen LogP contribution >= 0.6 is 11.6 Å². The Hall–Kier alpha value is -2.93. The fraction of sp³-hybridized carbons (Fsp3) is 0.211. The van der Waals surface area contributed by atoms with Crippen molar-refractivity contribution in [3.8, 4) is 17.1 Å². The minimum Gasteiger partial charge on any atom is -0.496 e. The summed E-state index contributed by atoms with van der Waals surface area (Å²) in [7, 11) is 1.56. The van der Waals surface area contributed by atoms with E-state index in [0.717, 1.165) is 0 Å². The van der Waals surface area contributed by atoms with E-state index in [2.05, 4.69) is 10.1 Å². The summed E-state index contributed by atoms with van der Waals surface area (Å²) in [5.74, 6) is 0.157. The maximum absolute atomic E-state index is 14.3. The first-order valence-corrected chi connectivity index (χ1v) is 8.67. The molecule has 1 aliphatic rings. The summed E-state index contributed by atoms with van der Waals surface area (Å²) in [6.07, 6.45) is 0.152. The van der Waals surface area contributed by atoms with Crippen LogP contribution in [0.2, 0.25) is 5.02 Å². The highest BCUT2D eigenvalue weighted by molar-refractivity contribution is 6.31. The normalized spacial score (nSPS) is 16.8. The lowest BCUT2D eigenvalue weighted by atomic mass is 10.1. The fourth-order valence-electron chi connectivity index (χ4n) is 3.15. The van der Waals surface area contributed by atoms with Crippen LogP contribution in [0.4, 0.5) is 10.1 Å². The van der Waals surface area contributed by atoms with Crippen molar-refractivity contribution < 1.29 is 18.4 Å². The second-order valence-electron chi connectivity index (χ2n) is 6.13. The third kappa shape index (κ3) is 3.14. The van der Waals surface area contributed by atoms with E-state index < -0.39 is 5.82 Å². The first kappa shape index (κ1) is 17.5. The highest BCUT2D eigenvalue weighted by atomic mass is 35.5. The first-order chi connectivity index (χ1) is 13.1. The van der Waals surface area contributed by atoms with Crippen LogP contribution in [0.15, 0.2) is 47.0 Å². The van der Waals surface area contributed by atoms with Gasteiger partial charge < -0.3 is 14.2 Å². The fourth-order valence-corrected chi connectivity index (χ4v) is 3.32. The maximum Gasteiger partial charge on any atom is 0.232 e. The van der Waals surface area contributed by atoms with Crippen molar-refractivity contribution in [3.05, 3.63) is 59.2 Å². The number of carbonyl (C=O) groups excluding carboxylic acids is 1. The molecular weight excluding hydrogens is 373 g/mol.